The molecule has 0 aliphatic carbocycles. The Morgan fingerprint density at radius 2 is 1.85 bits per heavy atom. The highest BCUT2D eigenvalue weighted by Crippen LogP contribution is 2.36. The van der Waals surface area contributed by atoms with E-state index in [2.05, 4.69) is 53.4 Å². The second-order valence-corrected chi connectivity index (χ2v) is 6.33. The summed E-state index contributed by atoms with van der Waals surface area (Å²) in [5, 5.41) is 8.57. The van der Waals surface area contributed by atoms with E-state index in [0.717, 1.165) is 29.8 Å². The van der Waals surface area contributed by atoms with Gasteiger partial charge in [-0.1, -0.05) is 36.4 Å². The highest BCUT2D eigenvalue weighted by molar-refractivity contribution is 5.91. The Labute approximate surface area is 153 Å². The van der Waals surface area contributed by atoms with Crippen LogP contribution in [0.2, 0.25) is 0 Å². The van der Waals surface area contributed by atoms with Gasteiger partial charge in [0.15, 0.2) is 0 Å². The molecule has 134 valence electrons. The number of carbonyl (C=O) groups excluding carboxylic acids is 1. The summed E-state index contributed by atoms with van der Waals surface area (Å²) >= 11 is 0. The van der Waals surface area contributed by atoms with E-state index < -0.39 is 5.91 Å². The van der Waals surface area contributed by atoms with Crippen molar-refractivity contribution in [2.75, 3.05) is 23.9 Å². The standard InChI is InChI=1S/C21H23N3O2/c1-23-15-18(11-8-16-6-4-3-5-7-16)24(2)19-12-9-17(14-20(19)23)10-13-21(25)22-26/h3-7,9-10,12-15,26H,8,11H2,1-2H3,(H,22,25)/b13-10+. The van der Waals surface area contributed by atoms with E-state index in [0.29, 0.717) is 0 Å². The van der Waals surface area contributed by atoms with Crippen LogP contribution in [-0.4, -0.2) is 25.2 Å². The summed E-state index contributed by atoms with van der Waals surface area (Å²) in [4.78, 5) is 15.5. The minimum Gasteiger partial charge on any atom is -0.348 e. The number of fused-ring (bicyclic) bond motifs is 1. The van der Waals surface area contributed by atoms with Crippen LogP contribution in [-0.2, 0) is 11.2 Å². The van der Waals surface area contributed by atoms with Gasteiger partial charge in [-0.05, 0) is 42.2 Å². The first-order valence-electron chi connectivity index (χ1n) is 8.56. The van der Waals surface area contributed by atoms with Crippen LogP contribution in [0.5, 0.6) is 0 Å². The number of anilines is 2. The Bertz CT molecular complexity index is 844. The molecule has 1 aliphatic rings. The fraction of sp³-hybridized carbons (Fsp3) is 0.190. The zero-order valence-electron chi connectivity index (χ0n) is 15.0. The van der Waals surface area contributed by atoms with E-state index in [-0.39, 0.29) is 0 Å². The Morgan fingerprint density at radius 1 is 1.08 bits per heavy atom. The minimum absolute atomic E-state index is 0.545. The summed E-state index contributed by atoms with van der Waals surface area (Å²) < 4.78 is 0. The largest absolute Gasteiger partial charge is 0.348 e. The summed E-state index contributed by atoms with van der Waals surface area (Å²) in [6.07, 6.45) is 7.09. The van der Waals surface area contributed by atoms with Crippen molar-refractivity contribution in [3.05, 3.63) is 77.6 Å². The molecule has 1 heterocycles. The Balaban J connectivity index is 1.77. The molecule has 5 nitrogen and oxygen atoms in total. The molecule has 2 aromatic carbocycles. The zero-order valence-corrected chi connectivity index (χ0v) is 15.0. The van der Waals surface area contributed by atoms with Crippen LogP contribution in [0.15, 0.2) is 66.5 Å². The van der Waals surface area contributed by atoms with Crippen LogP contribution in [0, 0.1) is 0 Å². The molecule has 0 fully saturated rings. The van der Waals surface area contributed by atoms with Crippen LogP contribution < -0.4 is 15.3 Å². The van der Waals surface area contributed by atoms with Crippen LogP contribution in [0.4, 0.5) is 11.4 Å². The van der Waals surface area contributed by atoms with Gasteiger partial charge in [0.2, 0.25) is 0 Å². The summed E-state index contributed by atoms with van der Waals surface area (Å²) in [5.74, 6) is -0.545. The lowest BCUT2D eigenvalue weighted by Crippen LogP contribution is -2.27. The number of rotatable bonds is 5. The number of amides is 1. The van der Waals surface area contributed by atoms with Gasteiger partial charge >= 0.3 is 0 Å². The molecule has 0 atom stereocenters. The molecule has 1 amide bonds. The van der Waals surface area contributed by atoms with Crippen molar-refractivity contribution in [2.24, 2.45) is 0 Å². The van der Waals surface area contributed by atoms with Crippen LogP contribution in [0.3, 0.4) is 0 Å². The quantitative estimate of drug-likeness (QED) is 0.492. The molecule has 0 unspecified atom stereocenters. The highest BCUT2D eigenvalue weighted by Gasteiger charge is 2.19. The van der Waals surface area contributed by atoms with Gasteiger partial charge in [0.1, 0.15) is 0 Å². The number of allylic oxidation sites excluding steroid dienone is 1. The maximum absolute atomic E-state index is 11.1. The third-order valence-electron chi connectivity index (χ3n) is 4.56. The van der Waals surface area contributed by atoms with Crippen molar-refractivity contribution in [2.45, 2.75) is 12.8 Å². The Kier molecular flexibility index (Phi) is 5.39. The van der Waals surface area contributed by atoms with E-state index in [1.807, 2.05) is 25.2 Å². The first kappa shape index (κ1) is 17.8. The fourth-order valence-corrected chi connectivity index (χ4v) is 3.10. The van der Waals surface area contributed by atoms with Gasteiger partial charge in [0, 0.05) is 32.1 Å². The van der Waals surface area contributed by atoms with Gasteiger partial charge in [-0.25, -0.2) is 5.48 Å². The summed E-state index contributed by atoms with van der Waals surface area (Å²) in [6.45, 7) is 0. The van der Waals surface area contributed by atoms with E-state index in [1.54, 1.807) is 11.6 Å². The lowest BCUT2D eigenvalue weighted by molar-refractivity contribution is -0.124. The van der Waals surface area contributed by atoms with E-state index in [9.17, 15) is 4.79 Å². The molecule has 0 bridgehead atoms. The van der Waals surface area contributed by atoms with Crippen molar-refractivity contribution in [1.29, 1.82) is 0 Å². The second kappa shape index (κ2) is 7.89. The number of hydroxylamine groups is 1. The van der Waals surface area contributed by atoms with Crippen LogP contribution >= 0.6 is 0 Å². The molecule has 0 saturated carbocycles. The van der Waals surface area contributed by atoms with Gasteiger partial charge in [-0.15, -0.1) is 0 Å². The molecule has 5 heteroatoms. The van der Waals surface area contributed by atoms with Crippen molar-refractivity contribution in [3.8, 4) is 0 Å². The van der Waals surface area contributed by atoms with Crippen LogP contribution in [0.25, 0.3) is 6.08 Å². The number of hydrogen-bond donors (Lipinski definition) is 2. The van der Waals surface area contributed by atoms with E-state index in [4.69, 9.17) is 5.21 Å². The average Bonchev–Trinajstić information content (AvgIpc) is 2.68. The summed E-state index contributed by atoms with van der Waals surface area (Å²) in [7, 11) is 4.11. The van der Waals surface area contributed by atoms with Crippen LogP contribution in [0.1, 0.15) is 17.5 Å². The lowest BCUT2D eigenvalue weighted by Gasteiger charge is -2.34. The molecule has 0 saturated heterocycles. The molecule has 2 aromatic rings. The molecule has 2 N–H and O–H groups in total. The number of benzene rings is 2. The lowest BCUT2D eigenvalue weighted by atomic mass is 10.0. The number of nitrogens with one attached hydrogen (secondary N) is 1. The van der Waals surface area contributed by atoms with Gasteiger partial charge in [-0.2, -0.15) is 0 Å². The van der Waals surface area contributed by atoms with Gasteiger partial charge in [0.05, 0.1) is 11.4 Å². The third kappa shape index (κ3) is 3.95. The maximum atomic E-state index is 11.1. The summed E-state index contributed by atoms with van der Waals surface area (Å²) in [5.41, 5.74) is 7.28. The number of hydrogen-bond acceptors (Lipinski definition) is 4. The molecule has 0 spiro atoms. The number of nitrogens with zero attached hydrogens (tertiary/aromatic N) is 2. The first-order chi connectivity index (χ1) is 12.6. The Morgan fingerprint density at radius 3 is 2.58 bits per heavy atom. The minimum atomic E-state index is -0.545. The normalized spacial score (nSPS) is 13.6. The molecule has 26 heavy (non-hydrogen) atoms. The topological polar surface area (TPSA) is 55.8 Å². The monoisotopic (exact) mass is 349 g/mol. The van der Waals surface area contributed by atoms with Gasteiger partial charge in [-0.3, -0.25) is 10.0 Å². The molecule has 3 rings (SSSR count). The molecule has 0 radical (unpaired) electrons. The zero-order chi connectivity index (χ0) is 18.5. The third-order valence-corrected chi connectivity index (χ3v) is 4.56. The molecular formula is C21H23N3O2. The van der Waals surface area contributed by atoms with Crippen molar-refractivity contribution in [3.63, 3.8) is 0 Å². The van der Waals surface area contributed by atoms with E-state index in [1.165, 1.54) is 17.3 Å². The molecule has 1 aliphatic heterocycles. The average molecular weight is 349 g/mol. The fourth-order valence-electron chi connectivity index (χ4n) is 3.10. The highest BCUT2D eigenvalue weighted by atomic mass is 16.5. The molecule has 0 aromatic heterocycles. The van der Waals surface area contributed by atoms with Gasteiger partial charge < -0.3 is 9.80 Å². The molecular weight excluding hydrogens is 326 g/mol. The SMILES string of the molecule is CN1C=C(CCc2ccccc2)N(C)c2ccc(/C=C/C(=O)NO)cc21. The van der Waals surface area contributed by atoms with Crippen molar-refractivity contribution >= 4 is 23.4 Å². The van der Waals surface area contributed by atoms with Crippen molar-refractivity contribution in [1.82, 2.24) is 5.48 Å². The van der Waals surface area contributed by atoms with E-state index >= 15 is 0 Å². The number of aryl methyl sites for hydroxylation is 1. The second-order valence-electron chi connectivity index (χ2n) is 6.33. The number of carbonyl (C=O) groups is 1. The van der Waals surface area contributed by atoms with Gasteiger partial charge in [0.25, 0.3) is 5.91 Å². The Hall–Kier alpha value is -3.05. The predicted octanol–water partition coefficient (Wildman–Crippen LogP) is 3.57. The smallest absolute Gasteiger partial charge is 0.267 e. The predicted molar refractivity (Wildman–Crippen MR) is 105 cm³/mol. The van der Waals surface area contributed by atoms with Crippen molar-refractivity contribution < 1.29 is 10.0 Å². The maximum Gasteiger partial charge on any atom is 0.267 e. The summed E-state index contributed by atoms with van der Waals surface area (Å²) in [6, 6.07) is 16.5. The first-order valence-corrected chi connectivity index (χ1v) is 8.56.